The summed E-state index contributed by atoms with van der Waals surface area (Å²) >= 11 is 6.16. The first kappa shape index (κ1) is 19.3. The van der Waals surface area contributed by atoms with Gasteiger partial charge in [-0.3, -0.25) is 9.48 Å². The molecular formula is C17H25ClN4O3. The fourth-order valence-corrected chi connectivity index (χ4v) is 2.77. The SMILES string of the molecule is Cc1nn(C)c(Cl)c1/C=C/C(=O)N1CCN(C(=O)OC(C)(C)C)CC1. The van der Waals surface area contributed by atoms with Gasteiger partial charge in [-0.05, 0) is 33.8 Å². The lowest BCUT2D eigenvalue weighted by Gasteiger charge is -2.35. The van der Waals surface area contributed by atoms with Gasteiger partial charge in [-0.25, -0.2) is 4.79 Å². The quantitative estimate of drug-likeness (QED) is 0.752. The van der Waals surface area contributed by atoms with Crippen LogP contribution < -0.4 is 0 Å². The largest absolute Gasteiger partial charge is 0.444 e. The number of carbonyl (C=O) groups excluding carboxylic acids is 2. The summed E-state index contributed by atoms with van der Waals surface area (Å²) in [5.41, 5.74) is 0.990. The molecule has 1 saturated heterocycles. The van der Waals surface area contributed by atoms with Crippen LogP contribution >= 0.6 is 11.6 Å². The lowest BCUT2D eigenvalue weighted by molar-refractivity contribution is -0.127. The van der Waals surface area contributed by atoms with Gasteiger partial charge < -0.3 is 14.5 Å². The van der Waals surface area contributed by atoms with Gasteiger partial charge in [0.05, 0.1) is 5.69 Å². The van der Waals surface area contributed by atoms with Crippen molar-refractivity contribution in [2.24, 2.45) is 7.05 Å². The van der Waals surface area contributed by atoms with Crippen LogP contribution in [0.3, 0.4) is 0 Å². The van der Waals surface area contributed by atoms with Crippen molar-refractivity contribution in [1.29, 1.82) is 0 Å². The molecule has 0 bridgehead atoms. The molecule has 25 heavy (non-hydrogen) atoms. The van der Waals surface area contributed by atoms with Crippen LogP contribution in [0.4, 0.5) is 4.79 Å². The first-order chi connectivity index (χ1) is 11.6. The van der Waals surface area contributed by atoms with Crippen molar-refractivity contribution in [3.8, 4) is 0 Å². The zero-order valence-electron chi connectivity index (χ0n) is 15.4. The van der Waals surface area contributed by atoms with Gasteiger partial charge in [-0.1, -0.05) is 11.6 Å². The molecule has 1 aromatic rings. The Hall–Kier alpha value is -2.02. The number of hydrogen-bond acceptors (Lipinski definition) is 4. The maximum absolute atomic E-state index is 12.3. The number of hydrogen-bond donors (Lipinski definition) is 0. The molecule has 0 aliphatic carbocycles. The maximum Gasteiger partial charge on any atom is 0.410 e. The second kappa shape index (κ2) is 7.47. The third-order valence-electron chi connectivity index (χ3n) is 3.83. The number of aryl methyl sites for hydroxylation is 2. The second-order valence-corrected chi connectivity index (χ2v) is 7.40. The van der Waals surface area contributed by atoms with E-state index in [9.17, 15) is 9.59 Å². The minimum atomic E-state index is -0.520. The third kappa shape index (κ3) is 4.98. The van der Waals surface area contributed by atoms with E-state index < -0.39 is 5.60 Å². The molecule has 0 unspecified atom stereocenters. The van der Waals surface area contributed by atoms with Crippen LogP contribution in [0.5, 0.6) is 0 Å². The van der Waals surface area contributed by atoms with Gasteiger partial charge in [-0.15, -0.1) is 0 Å². The summed E-state index contributed by atoms with van der Waals surface area (Å²) in [5, 5.41) is 4.71. The van der Waals surface area contributed by atoms with Crippen molar-refractivity contribution in [3.05, 3.63) is 22.5 Å². The highest BCUT2D eigenvalue weighted by molar-refractivity contribution is 6.31. The molecule has 0 aromatic carbocycles. The highest BCUT2D eigenvalue weighted by atomic mass is 35.5. The zero-order chi connectivity index (χ0) is 18.8. The van der Waals surface area contributed by atoms with E-state index in [-0.39, 0.29) is 12.0 Å². The predicted octanol–water partition coefficient (Wildman–Crippen LogP) is 2.47. The normalized spacial score (nSPS) is 15.8. The van der Waals surface area contributed by atoms with E-state index in [1.165, 1.54) is 6.08 Å². The Balaban J connectivity index is 1.91. The average Bonchev–Trinajstić information content (AvgIpc) is 2.76. The Morgan fingerprint density at radius 2 is 1.72 bits per heavy atom. The smallest absolute Gasteiger partial charge is 0.410 e. The van der Waals surface area contributed by atoms with Crippen molar-refractivity contribution >= 4 is 29.7 Å². The number of ether oxygens (including phenoxy) is 1. The maximum atomic E-state index is 12.3. The topological polar surface area (TPSA) is 67.7 Å². The van der Waals surface area contributed by atoms with Crippen LogP contribution in [0, 0.1) is 6.92 Å². The van der Waals surface area contributed by atoms with Gasteiger partial charge in [0.1, 0.15) is 10.8 Å². The fourth-order valence-electron chi connectivity index (χ4n) is 2.53. The molecule has 0 N–H and O–H groups in total. The minimum Gasteiger partial charge on any atom is -0.444 e. The molecule has 1 aliphatic heterocycles. The predicted molar refractivity (Wildman–Crippen MR) is 96.4 cm³/mol. The lowest BCUT2D eigenvalue weighted by atomic mass is 10.2. The minimum absolute atomic E-state index is 0.108. The monoisotopic (exact) mass is 368 g/mol. The Morgan fingerprint density at radius 1 is 1.16 bits per heavy atom. The van der Waals surface area contributed by atoms with Gasteiger partial charge in [0.2, 0.25) is 5.91 Å². The average molecular weight is 369 g/mol. The van der Waals surface area contributed by atoms with E-state index in [2.05, 4.69) is 5.10 Å². The summed E-state index contributed by atoms with van der Waals surface area (Å²) in [6.07, 6.45) is 2.85. The van der Waals surface area contributed by atoms with Crippen LogP contribution in [-0.4, -0.2) is 63.4 Å². The van der Waals surface area contributed by atoms with E-state index >= 15 is 0 Å². The zero-order valence-corrected chi connectivity index (χ0v) is 16.1. The van der Waals surface area contributed by atoms with Crippen LogP contribution in [0.1, 0.15) is 32.0 Å². The van der Waals surface area contributed by atoms with E-state index in [1.807, 2.05) is 27.7 Å². The molecule has 1 aromatic heterocycles. The van der Waals surface area contributed by atoms with Crippen molar-refractivity contribution in [3.63, 3.8) is 0 Å². The number of halogens is 1. The summed E-state index contributed by atoms with van der Waals surface area (Å²) in [7, 11) is 1.75. The number of nitrogens with zero attached hydrogens (tertiary/aromatic N) is 4. The molecule has 1 aliphatic rings. The fraction of sp³-hybridized carbons (Fsp3) is 0.588. The molecule has 0 radical (unpaired) electrons. The van der Waals surface area contributed by atoms with Crippen LogP contribution in [0.25, 0.3) is 6.08 Å². The number of piperazine rings is 1. The van der Waals surface area contributed by atoms with Gasteiger partial charge in [0, 0.05) is 44.9 Å². The molecule has 1 fully saturated rings. The molecule has 2 amide bonds. The van der Waals surface area contributed by atoms with Crippen LogP contribution in [-0.2, 0) is 16.6 Å². The Morgan fingerprint density at radius 3 is 2.20 bits per heavy atom. The van der Waals surface area contributed by atoms with Crippen LogP contribution in [0.15, 0.2) is 6.08 Å². The third-order valence-corrected chi connectivity index (χ3v) is 4.28. The number of carbonyl (C=O) groups is 2. The van der Waals surface area contributed by atoms with Crippen LogP contribution in [0.2, 0.25) is 5.15 Å². The van der Waals surface area contributed by atoms with Crippen molar-refractivity contribution < 1.29 is 14.3 Å². The Kier molecular flexibility index (Phi) is 5.77. The number of aromatic nitrogens is 2. The molecule has 138 valence electrons. The standard InChI is InChI=1S/C17H25ClN4O3/c1-12-13(15(18)20(5)19-12)6-7-14(23)21-8-10-22(11-9-21)16(24)25-17(2,3)4/h6-7H,8-11H2,1-5H3/b7-6+. The lowest BCUT2D eigenvalue weighted by Crippen LogP contribution is -2.51. The summed E-state index contributed by atoms with van der Waals surface area (Å²) in [4.78, 5) is 27.7. The van der Waals surface area contributed by atoms with Crippen molar-refractivity contribution in [2.75, 3.05) is 26.2 Å². The molecule has 2 rings (SSSR count). The van der Waals surface area contributed by atoms with Gasteiger partial charge in [0.25, 0.3) is 0 Å². The van der Waals surface area contributed by atoms with E-state index in [4.69, 9.17) is 16.3 Å². The summed E-state index contributed by atoms with van der Waals surface area (Å²) in [6.45, 7) is 9.21. The Bertz CT molecular complexity index is 683. The second-order valence-electron chi connectivity index (χ2n) is 7.04. The van der Waals surface area contributed by atoms with E-state index in [1.54, 1.807) is 27.6 Å². The van der Waals surface area contributed by atoms with Gasteiger partial charge >= 0.3 is 6.09 Å². The highest BCUT2D eigenvalue weighted by Gasteiger charge is 2.27. The first-order valence-electron chi connectivity index (χ1n) is 8.22. The summed E-state index contributed by atoms with van der Waals surface area (Å²) < 4.78 is 6.92. The molecule has 0 atom stereocenters. The highest BCUT2D eigenvalue weighted by Crippen LogP contribution is 2.20. The summed E-state index contributed by atoms with van der Waals surface area (Å²) in [5.74, 6) is -0.108. The molecular weight excluding hydrogens is 344 g/mol. The molecule has 7 nitrogen and oxygen atoms in total. The van der Waals surface area contributed by atoms with E-state index in [0.29, 0.717) is 31.3 Å². The number of amides is 2. The Labute approximate surface area is 153 Å². The van der Waals surface area contributed by atoms with Crippen molar-refractivity contribution in [2.45, 2.75) is 33.3 Å². The molecule has 8 heteroatoms. The summed E-state index contributed by atoms with van der Waals surface area (Å²) in [6, 6.07) is 0. The molecule has 0 saturated carbocycles. The van der Waals surface area contributed by atoms with Crippen molar-refractivity contribution in [1.82, 2.24) is 19.6 Å². The first-order valence-corrected chi connectivity index (χ1v) is 8.60. The number of rotatable bonds is 2. The molecule has 2 heterocycles. The van der Waals surface area contributed by atoms with Gasteiger partial charge in [-0.2, -0.15) is 5.10 Å². The molecule has 0 spiro atoms. The van der Waals surface area contributed by atoms with E-state index in [0.717, 1.165) is 11.3 Å². The van der Waals surface area contributed by atoms with Gasteiger partial charge in [0.15, 0.2) is 0 Å².